The van der Waals surface area contributed by atoms with E-state index in [0.29, 0.717) is 41.9 Å². The van der Waals surface area contributed by atoms with Gasteiger partial charge in [-0.15, -0.1) is 0 Å². The van der Waals surface area contributed by atoms with Crippen LogP contribution < -0.4 is 23.4 Å². The second-order valence-electron chi connectivity index (χ2n) is 6.39. The van der Waals surface area contributed by atoms with Crippen LogP contribution in [0.2, 0.25) is 0 Å². The zero-order valence-corrected chi connectivity index (χ0v) is 19.4. The third-order valence-corrected chi connectivity index (χ3v) is 4.55. The lowest BCUT2D eigenvalue weighted by Crippen LogP contribution is -2.36. The Morgan fingerprint density at radius 2 is 1.66 bits per heavy atom. The van der Waals surface area contributed by atoms with E-state index in [2.05, 4.69) is 10.2 Å². The van der Waals surface area contributed by atoms with Crippen molar-refractivity contribution in [1.29, 1.82) is 0 Å². The number of ether oxygens (including phenoxy) is 4. The Bertz CT molecular complexity index is 958. The van der Waals surface area contributed by atoms with Crippen LogP contribution in [0.4, 0.5) is 11.4 Å². The number of amides is 1. The molecule has 0 saturated heterocycles. The third-order valence-electron chi connectivity index (χ3n) is 4.19. The molecule has 0 aliphatic rings. The van der Waals surface area contributed by atoms with Crippen LogP contribution in [0.15, 0.2) is 46.6 Å². The topological polar surface area (TPSA) is 99.0 Å². The van der Waals surface area contributed by atoms with Gasteiger partial charge in [0, 0.05) is 30.0 Å². The number of ketones is 1. The third kappa shape index (κ3) is 6.10. The number of methoxy groups -OCH3 is 2. The predicted octanol–water partition coefficient (Wildman–Crippen LogP) is 4.73. The van der Waals surface area contributed by atoms with Crippen LogP contribution in [-0.4, -0.2) is 45.2 Å². The Kier molecular flexibility index (Phi) is 9.27. The van der Waals surface area contributed by atoms with Gasteiger partial charge < -0.3 is 18.9 Å². The fraction of sp³-hybridized carbons (Fsp3) is 0.364. The lowest BCUT2D eigenvalue weighted by Gasteiger charge is -2.19. The molecule has 0 fully saturated rings. The molecule has 9 nitrogen and oxygen atoms in total. The van der Waals surface area contributed by atoms with E-state index >= 15 is 0 Å². The molecule has 0 bridgehead atoms. The molecule has 0 radical (unpaired) electrons. The number of halogens is 1. The minimum Gasteiger partial charge on any atom is -0.494 e. The monoisotopic (exact) mass is 463 g/mol. The quantitative estimate of drug-likeness (QED) is 0.271. The summed E-state index contributed by atoms with van der Waals surface area (Å²) >= 11 is 6.30. The van der Waals surface area contributed by atoms with Gasteiger partial charge in [-0.05, 0) is 32.9 Å². The van der Waals surface area contributed by atoms with E-state index < -0.39 is 17.7 Å². The van der Waals surface area contributed by atoms with Gasteiger partial charge in [0.1, 0.15) is 17.2 Å². The molecule has 0 N–H and O–H groups in total. The SMILES string of the molecule is CCOc1cc(OCC)cc(N(Cl)C(=O)C(N=Nc2cccc(OC)c2OC)C(C)=O)c1. The summed E-state index contributed by atoms with van der Waals surface area (Å²) in [5.74, 6) is 0.382. The van der Waals surface area contributed by atoms with Crippen LogP contribution in [-0.2, 0) is 9.59 Å². The van der Waals surface area contributed by atoms with Gasteiger partial charge in [-0.1, -0.05) is 6.07 Å². The van der Waals surface area contributed by atoms with Crippen molar-refractivity contribution in [3.8, 4) is 23.0 Å². The Morgan fingerprint density at radius 1 is 1.03 bits per heavy atom. The average molecular weight is 464 g/mol. The molecular formula is C22H26ClN3O6. The zero-order valence-electron chi connectivity index (χ0n) is 18.6. The molecule has 2 aromatic rings. The maximum Gasteiger partial charge on any atom is 0.276 e. The summed E-state index contributed by atoms with van der Waals surface area (Å²) < 4.78 is 22.4. The van der Waals surface area contributed by atoms with Gasteiger partial charge in [0.05, 0.1) is 33.1 Å². The van der Waals surface area contributed by atoms with Gasteiger partial charge in [-0.2, -0.15) is 10.2 Å². The number of carbonyl (C=O) groups is 2. The summed E-state index contributed by atoms with van der Waals surface area (Å²) in [5, 5.41) is 7.99. The minimum atomic E-state index is -1.46. The second-order valence-corrected chi connectivity index (χ2v) is 6.73. The van der Waals surface area contributed by atoms with Crippen LogP contribution in [0.5, 0.6) is 23.0 Å². The first-order valence-corrected chi connectivity index (χ1v) is 10.2. The van der Waals surface area contributed by atoms with Crippen molar-refractivity contribution in [3.63, 3.8) is 0 Å². The number of nitrogens with zero attached hydrogens (tertiary/aromatic N) is 3. The van der Waals surface area contributed by atoms with E-state index in [0.717, 1.165) is 4.42 Å². The van der Waals surface area contributed by atoms with Crippen molar-refractivity contribution in [2.45, 2.75) is 26.8 Å². The highest BCUT2D eigenvalue weighted by Crippen LogP contribution is 2.37. The smallest absolute Gasteiger partial charge is 0.276 e. The summed E-state index contributed by atoms with van der Waals surface area (Å²) in [4.78, 5) is 25.2. The first kappa shape index (κ1) is 24.9. The number of anilines is 1. The molecule has 0 spiro atoms. The normalized spacial score (nSPS) is 11.7. The van der Waals surface area contributed by atoms with Crippen molar-refractivity contribution in [3.05, 3.63) is 36.4 Å². The maximum atomic E-state index is 13.0. The maximum absolute atomic E-state index is 13.0. The van der Waals surface area contributed by atoms with Gasteiger partial charge in [-0.3, -0.25) is 9.59 Å². The van der Waals surface area contributed by atoms with E-state index in [1.54, 1.807) is 36.4 Å². The Labute approximate surface area is 192 Å². The van der Waals surface area contributed by atoms with Crippen molar-refractivity contribution in [2.75, 3.05) is 31.9 Å². The van der Waals surface area contributed by atoms with Crippen molar-refractivity contribution < 1.29 is 28.5 Å². The number of carbonyl (C=O) groups excluding carboxylic acids is 2. The number of hydrogen-bond acceptors (Lipinski definition) is 8. The first-order valence-electron chi connectivity index (χ1n) is 9.88. The summed E-state index contributed by atoms with van der Waals surface area (Å²) in [7, 11) is 2.94. The number of hydrogen-bond donors (Lipinski definition) is 0. The average Bonchev–Trinajstić information content (AvgIpc) is 2.78. The van der Waals surface area contributed by atoms with Gasteiger partial charge >= 0.3 is 0 Å². The van der Waals surface area contributed by atoms with Crippen molar-refractivity contribution >= 4 is 34.8 Å². The fourth-order valence-corrected chi connectivity index (χ4v) is 2.97. The van der Waals surface area contributed by atoms with E-state index in [1.807, 2.05) is 13.8 Å². The van der Waals surface area contributed by atoms with Crippen LogP contribution in [0, 0.1) is 0 Å². The van der Waals surface area contributed by atoms with Crippen LogP contribution in [0.25, 0.3) is 0 Å². The highest BCUT2D eigenvalue weighted by molar-refractivity contribution is 6.39. The number of azo groups is 1. The molecule has 0 aliphatic heterocycles. The summed E-state index contributed by atoms with van der Waals surface area (Å²) in [6.45, 7) is 5.72. The summed E-state index contributed by atoms with van der Waals surface area (Å²) in [6.07, 6.45) is 0. The van der Waals surface area contributed by atoms with Gasteiger partial charge in [0.25, 0.3) is 5.91 Å². The Morgan fingerprint density at radius 3 is 2.16 bits per heavy atom. The molecule has 1 amide bonds. The molecule has 0 heterocycles. The number of Topliss-reactive ketones (excluding diaryl/α,β-unsaturated/α-hetero) is 1. The Hall–Kier alpha value is -3.33. The number of benzene rings is 2. The molecular weight excluding hydrogens is 438 g/mol. The predicted molar refractivity (Wildman–Crippen MR) is 121 cm³/mol. The zero-order chi connectivity index (χ0) is 23.7. The molecule has 2 rings (SSSR count). The van der Waals surface area contributed by atoms with Crippen LogP contribution in [0.3, 0.4) is 0 Å². The highest BCUT2D eigenvalue weighted by Gasteiger charge is 2.29. The van der Waals surface area contributed by atoms with Crippen molar-refractivity contribution in [1.82, 2.24) is 0 Å². The molecule has 0 aliphatic carbocycles. The first-order chi connectivity index (χ1) is 15.4. The summed E-state index contributed by atoms with van der Waals surface area (Å²) in [6, 6.07) is 8.34. The lowest BCUT2D eigenvalue weighted by atomic mass is 10.2. The lowest BCUT2D eigenvalue weighted by molar-refractivity contribution is -0.126. The van der Waals surface area contributed by atoms with Crippen molar-refractivity contribution in [2.24, 2.45) is 10.2 Å². The number of para-hydroxylation sites is 1. The summed E-state index contributed by atoms with van der Waals surface area (Å²) in [5.41, 5.74) is 0.565. The standard InChI is InChI=1S/C22H26ClN3O6/c1-6-31-16-11-15(12-17(13-16)32-7-2)26(23)22(28)20(14(3)27)25-24-18-9-8-10-19(29-4)21(18)30-5/h8-13,20H,6-7H2,1-5H3. The van der Waals surface area contributed by atoms with E-state index in [-0.39, 0.29) is 5.69 Å². The highest BCUT2D eigenvalue weighted by atomic mass is 35.5. The van der Waals surface area contributed by atoms with Gasteiger partial charge in [0.15, 0.2) is 17.3 Å². The molecule has 10 heteroatoms. The minimum absolute atomic E-state index is 0.270. The largest absolute Gasteiger partial charge is 0.494 e. The fourth-order valence-electron chi connectivity index (χ4n) is 2.78. The Balaban J connectivity index is 2.36. The van der Waals surface area contributed by atoms with Crippen LogP contribution >= 0.6 is 11.8 Å². The van der Waals surface area contributed by atoms with E-state index in [4.69, 9.17) is 30.7 Å². The molecule has 172 valence electrons. The second kappa shape index (κ2) is 11.9. The molecule has 32 heavy (non-hydrogen) atoms. The molecule has 0 aromatic heterocycles. The van der Waals surface area contributed by atoms with Crippen LogP contribution in [0.1, 0.15) is 20.8 Å². The molecule has 0 saturated carbocycles. The molecule has 1 atom stereocenters. The van der Waals surface area contributed by atoms with Gasteiger partial charge in [0.2, 0.25) is 6.04 Å². The molecule has 2 aromatic carbocycles. The van der Waals surface area contributed by atoms with E-state index in [1.165, 1.54) is 21.1 Å². The molecule has 1 unspecified atom stereocenters. The number of rotatable bonds is 11. The van der Waals surface area contributed by atoms with Gasteiger partial charge in [-0.25, -0.2) is 4.42 Å². The van der Waals surface area contributed by atoms with E-state index in [9.17, 15) is 9.59 Å².